The zero-order valence-corrected chi connectivity index (χ0v) is 12.5. The highest BCUT2D eigenvalue weighted by Crippen LogP contribution is 2.44. The first kappa shape index (κ1) is 14.7. The molecular formula is C14H24O6. The molecule has 3 aliphatic rings. The Bertz CT molecular complexity index is 369. The average Bonchev–Trinajstić information content (AvgIpc) is 2.91. The highest BCUT2D eigenvalue weighted by molar-refractivity contribution is 4.97. The zero-order chi connectivity index (χ0) is 14.5. The number of aliphatic hydroxyl groups excluding tert-OH is 1. The SMILES string of the molecule is CC1(C)OCC([C@H]2O[C@@H]3OC(C)(C)O[C@@H]3[C@@H]2CCO)O1. The van der Waals surface area contributed by atoms with Gasteiger partial charge in [-0.1, -0.05) is 0 Å². The molecule has 0 aliphatic carbocycles. The third-order valence-electron chi connectivity index (χ3n) is 4.08. The van der Waals surface area contributed by atoms with Crippen LogP contribution in [0, 0.1) is 5.92 Å². The van der Waals surface area contributed by atoms with Gasteiger partial charge in [-0.15, -0.1) is 0 Å². The molecule has 6 nitrogen and oxygen atoms in total. The minimum Gasteiger partial charge on any atom is -0.396 e. The Morgan fingerprint density at radius 3 is 2.35 bits per heavy atom. The lowest BCUT2D eigenvalue weighted by Gasteiger charge is -2.28. The molecule has 3 heterocycles. The molecule has 6 heteroatoms. The normalized spacial score (nSPS) is 45.8. The maximum atomic E-state index is 9.32. The fraction of sp³-hybridized carbons (Fsp3) is 1.00. The molecule has 0 amide bonds. The van der Waals surface area contributed by atoms with Crippen LogP contribution < -0.4 is 0 Å². The number of rotatable bonds is 3. The van der Waals surface area contributed by atoms with Crippen molar-refractivity contribution in [2.75, 3.05) is 13.2 Å². The summed E-state index contributed by atoms with van der Waals surface area (Å²) in [4.78, 5) is 0. The van der Waals surface area contributed by atoms with E-state index < -0.39 is 11.6 Å². The summed E-state index contributed by atoms with van der Waals surface area (Å²) in [5, 5.41) is 9.32. The minimum atomic E-state index is -0.639. The number of fused-ring (bicyclic) bond motifs is 1. The predicted molar refractivity (Wildman–Crippen MR) is 68.8 cm³/mol. The van der Waals surface area contributed by atoms with Crippen LogP contribution >= 0.6 is 0 Å². The zero-order valence-electron chi connectivity index (χ0n) is 12.5. The quantitative estimate of drug-likeness (QED) is 0.836. The minimum absolute atomic E-state index is 0.0503. The first-order chi connectivity index (χ1) is 9.31. The monoisotopic (exact) mass is 288 g/mol. The van der Waals surface area contributed by atoms with E-state index in [4.69, 9.17) is 23.7 Å². The molecule has 1 N–H and O–H groups in total. The third-order valence-corrected chi connectivity index (χ3v) is 4.08. The van der Waals surface area contributed by atoms with Crippen LogP contribution in [0.5, 0.6) is 0 Å². The largest absolute Gasteiger partial charge is 0.396 e. The standard InChI is InChI=1S/C14H24O6/c1-13(2)16-7-9(18-13)10-8(5-6-15)11-12(17-10)20-14(3,4)19-11/h8-12,15H,5-7H2,1-4H3/t8-,9?,10+,11-,12-/m1/s1. The van der Waals surface area contributed by atoms with Gasteiger partial charge in [-0.05, 0) is 34.1 Å². The van der Waals surface area contributed by atoms with Gasteiger partial charge < -0.3 is 28.8 Å². The number of aliphatic hydroxyl groups is 1. The van der Waals surface area contributed by atoms with Crippen LogP contribution in [0.25, 0.3) is 0 Å². The van der Waals surface area contributed by atoms with Crippen LogP contribution in [0.2, 0.25) is 0 Å². The topological polar surface area (TPSA) is 66.4 Å². The van der Waals surface area contributed by atoms with Gasteiger partial charge in [0.05, 0.1) is 12.7 Å². The van der Waals surface area contributed by atoms with Gasteiger partial charge in [-0.25, -0.2) is 0 Å². The molecule has 5 atom stereocenters. The maximum Gasteiger partial charge on any atom is 0.187 e. The van der Waals surface area contributed by atoms with Gasteiger partial charge in [0.15, 0.2) is 17.9 Å². The van der Waals surface area contributed by atoms with Gasteiger partial charge in [0.2, 0.25) is 0 Å². The Kier molecular flexibility index (Phi) is 3.60. The van der Waals surface area contributed by atoms with Gasteiger partial charge in [0.25, 0.3) is 0 Å². The van der Waals surface area contributed by atoms with Crippen LogP contribution in [-0.2, 0) is 23.7 Å². The fourth-order valence-corrected chi connectivity index (χ4v) is 3.31. The molecule has 0 aromatic carbocycles. The smallest absolute Gasteiger partial charge is 0.187 e. The van der Waals surface area contributed by atoms with Crippen LogP contribution in [0.1, 0.15) is 34.1 Å². The lowest BCUT2D eigenvalue weighted by atomic mass is 9.92. The van der Waals surface area contributed by atoms with Crippen LogP contribution in [0.15, 0.2) is 0 Å². The summed E-state index contributed by atoms with van der Waals surface area (Å²) in [6, 6.07) is 0. The highest BCUT2D eigenvalue weighted by Gasteiger charge is 2.57. The van der Waals surface area contributed by atoms with Gasteiger partial charge in [0.1, 0.15) is 12.2 Å². The van der Waals surface area contributed by atoms with Crippen LogP contribution in [0.4, 0.5) is 0 Å². The van der Waals surface area contributed by atoms with Gasteiger partial charge in [-0.3, -0.25) is 0 Å². The summed E-state index contributed by atoms with van der Waals surface area (Å²) < 4.78 is 29.2. The Labute approximate surface area is 119 Å². The van der Waals surface area contributed by atoms with Crippen LogP contribution in [-0.4, -0.2) is 54.5 Å². The van der Waals surface area contributed by atoms with E-state index in [0.29, 0.717) is 13.0 Å². The second kappa shape index (κ2) is 4.90. The summed E-state index contributed by atoms with van der Waals surface area (Å²) in [6.45, 7) is 8.10. The lowest BCUT2D eigenvalue weighted by Crippen LogP contribution is -2.39. The molecule has 0 bridgehead atoms. The first-order valence-corrected chi connectivity index (χ1v) is 7.25. The van der Waals surface area contributed by atoms with E-state index in [0.717, 1.165) is 0 Å². The van der Waals surface area contributed by atoms with Crippen LogP contribution in [0.3, 0.4) is 0 Å². The predicted octanol–water partition coefficient (Wildman–Crippen LogP) is 1.01. The van der Waals surface area contributed by atoms with Crippen molar-refractivity contribution >= 4 is 0 Å². The number of ether oxygens (including phenoxy) is 5. The van der Waals surface area contributed by atoms with E-state index >= 15 is 0 Å². The Morgan fingerprint density at radius 2 is 1.75 bits per heavy atom. The van der Waals surface area contributed by atoms with E-state index in [1.54, 1.807) is 0 Å². The average molecular weight is 288 g/mol. The molecule has 116 valence electrons. The van der Waals surface area contributed by atoms with E-state index in [-0.39, 0.29) is 37.1 Å². The Hall–Kier alpha value is -0.240. The van der Waals surface area contributed by atoms with Crippen molar-refractivity contribution in [3.8, 4) is 0 Å². The molecule has 0 aromatic heterocycles. The summed E-state index contributed by atoms with van der Waals surface area (Å²) >= 11 is 0. The fourth-order valence-electron chi connectivity index (χ4n) is 3.31. The second-order valence-corrected chi connectivity index (χ2v) is 6.61. The maximum absolute atomic E-state index is 9.32. The Balaban J connectivity index is 1.73. The van der Waals surface area contributed by atoms with Crippen molar-refractivity contribution in [3.05, 3.63) is 0 Å². The van der Waals surface area contributed by atoms with Gasteiger partial charge >= 0.3 is 0 Å². The number of hydrogen-bond acceptors (Lipinski definition) is 6. The van der Waals surface area contributed by atoms with Gasteiger partial charge in [-0.2, -0.15) is 0 Å². The lowest BCUT2D eigenvalue weighted by molar-refractivity contribution is -0.227. The van der Waals surface area contributed by atoms with Gasteiger partial charge in [0, 0.05) is 12.5 Å². The molecule has 0 spiro atoms. The molecule has 0 radical (unpaired) electrons. The molecule has 0 saturated carbocycles. The molecule has 3 rings (SSSR count). The van der Waals surface area contributed by atoms with E-state index in [9.17, 15) is 5.11 Å². The van der Waals surface area contributed by atoms with Crippen molar-refractivity contribution in [1.29, 1.82) is 0 Å². The molecule has 3 fully saturated rings. The second-order valence-electron chi connectivity index (χ2n) is 6.61. The van der Waals surface area contributed by atoms with Crippen molar-refractivity contribution in [2.45, 2.75) is 70.3 Å². The van der Waals surface area contributed by atoms with E-state index in [1.165, 1.54) is 0 Å². The van der Waals surface area contributed by atoms with E-state index in [1.807, 2.05) is 27.7 Å². The summed E-state index contributed by atoms with van der Waals surface area (Å²) in [6.07, 6.45) is -0.267. The highest BCUT2D eigenvalue weighted by atomic mass is 16.8. The Morgan fingerprint density at radius 1 is 1.00 bits per heavy atom. The number of hydrogen-bond donors (Lipinski definition) is 1. The molecule has 0 aromatic rings. The van der Waals surface area contributed by atoms with E-state index in [2.05, 4.69) is 0 Å². The molecule has 1 unspecified atom stereocenters. The third kappa shape index (κ3) is 2.61. The first-order valence-electron chi connectivity index (χ1n) is 7.25. The van der Waals surface area contributed by atoms with Crippen molar-refractivity contribution < 1.29 is 28.8 Å². The van der Waals surface area contributed by atoms with Crippen molar-refractivity contribution in [1.82, 2.24) is 0 Å². The molecule has 3 aliphatic heterocycles. The molecule has 20 heavy (non-hydrogen) atoms. The molecular weight excluding hydrogens is 264 g/mol. The summed E-state index contributed by atoms with van der Waals surface area (Å²) in [7, 11) is 0. The summed E-state index contributed by atoms with van der Waals surface area (Å²) in [5.74, 6) is -1.18. The molecule has 3 saturated heterocycles. The van der Waals surface area contributed by atoms with Crippen molar-refractivity contribution in [2.24, 2.45) is 5.92 Å². The van der Waals surface area contributed by atoms with Crippen molar-refractivity contribution in [3.63, 3.8) is 0 Å². The summed E-state index contributed by atoms with van der Waals surface area (Å²) in [5.41, 5.74) is 0.